The second-order valence-electron chi connectivity index (χ2n) is 5.82. The molecule has 0 saturated heterocycles. The van der Waals surface area contributed by atoms with Crippen molar-refractivity contribution < 1.29 is 9.53 Å². The Morgan fingerprint density at radius 2 is 1.91 bits per heavy atom. The largest absolute Gasteiger partial charge is 0.496 e. The van der Waals surface area contributed by atoms with Crippen LogP contribution < -0.4 is 10.1 Å². The lowest BCUT2D eigenvalue weighted by Gasteiger charge is -2.36. The van der Waals surface area contributed by atoms with Gasteiger partial charge in [0.2, 0.25) is 0 Å². The minimum absolute atomic E-state index is 0.0171. The molecule has 4 nitrogen and oxygen atoms in total. The molecule has 1 aliphatic carbocycles. The van der Waals surface area contributed by atoms with E-state index in [0.717, 1.165) is 28.3 Å². The molecule has 114 valence electrons. The van der Waals surface area contributed by atoms with Gasteiger partial charge in [0.1, 0.15) is 5.75 Å². The zero-order valence-corrected chi connectivity index (χ0v) is 13.0. The number of hydrogen-bond donors (Lipinski definition) is 1. The van der Waals surface area contributed by atoms with E-state index in [-0.39, 0.29) is 5.78 Å². The second-order valence-corrected chi connectivity index (χ2v) is 5.82. The van der Waals surface area contributed by atoms with Gasteiger partial charge in [0, 0.05) is 22.4 Å². The third kappa shape index (κ3) is 1.99. The normalized spacial score (nSPS) is 21.3. The third-order valence-electron chi connectivity index (χ3n) is 4.33. The highest BCUT2D eigenvalue weighted by molar-refractivity contribution is 6.26. The standard InChI is InChI=1S/C19H16N2O2/c1-19(13-7-3-4-9-17(13)23-2)20-14-8-5-6-12-16(22)11-10-15(21-19)18(12)14/h3-11,20H,1-2H3. The van der Waals surface area contributed by atoms with Gasteiger partial charge in [-0.15, -0.1) is 0 Å². The first kappa shape index (κ1) is 13.8. The minimum Gasteiger partial charge on any atom is -0.496 e. The molecule has 0 aromatic heterocycles. The van der Waals surface area contributed by atoms with Crippen molar-refractivity contribution in [3.8, 4) is 5.75 Å². The van der Waals surface area contributed by atoms with Crippen LogP contribution >= 0.6 is 0 Å². The average Bonchev–Trinajstić information content (AvgIpc) is 2.58. The Kier molecular flexibility index (Phi) is 2.88. The monoisotopic (exact) mass is 304 g/mol. The summed E-state index contributed by atoms with van der Waals surface area (Å²) in [6, 6.07) is 13.5. The van der Waals surface area contributed by atoms with Crippen LogP contribution in [0.5, 0.6) is 5.75 Å². The predicted octanol–water partition coefficient (Wildman–Crippen LogP) is 3.54. The molecule has 23 heavy (non-hydrogen) atoms. The maximum Gasteiger partial charge on any atom is 0.186 e. The fraction of sp³-hybridized carbons (Fsp3) is 0.158. The number of nitrogens with one attached hydrogen (secondary N) is 1. The van der Waals surface area contributed by atoms with E-state index in [2.05, 4.69) is 5.32 Å². The van der Waals surface area contributed by atoms with Crippen molar-refractivity contribution in [1.82, 2.24) is 0 Å². The summed E-state index contributed by atoms with van der Waals surface area (Å²) in [4.78, 5) is 17.0. The molecule has 2 aliphatic rings. The molecule has 1 aliphatic heterocycles. The van der Waals surface area contributed by atoms with Gasteiger partial charge in [-0.1, -0.05) is 30.3 Å². The molecule has 0 bridgehead atoms. The van der Waals surface area contributed by atoms with Gasteiger partial charge in [-0.25, -0.2) is 0 Å². The van der Waals surface area contributed by atoms with Crippen molar-refractivity contribution in [2.75, 3.05) is 12.4 Å². The number of methoxy groups -OCH3 is 1. The third-order valence-corrected chi connectivity index (χ3v) is 4.33. The molecule has 2 aromatic rings. The Hall–Kier alpha value is -2.88. The molecule has 2 aromatic carbocycles. The molecule has 1 heterocycles. The number of ketones is 1. The first-order chi connectivity index (χ1) is 11.1. The molecule has 0 amide bonds. The van der Waals surface area contributed by atoms with Gasteiger partial charge in [0.05, 0.1) is 12.8 Å². The molecule has 1 atom stereocenters. The van der Waals surface area contributed by atoms with Crippen molar-refractivity contribution >= 4 is 17.2 Å². The zero-order valence-electron chi connectivity index (χ0n) is 13.0. The summed E-state index contributed by atoms with van der Waals surface area (Å²) in [5.41, 5.74) is 3.61. The highest BCUT2D eigenvalue weighted by Gasteiger charge is 2.36. The average molecular weight is 304 g/mol. The van der Waals surface area contributed by atoms with Gasteiger partial charge in [0.25, 0.3) is 0 Å². The van der Waals surface area contributed by atoms with Gasteiger partial charge in [-0.05, 0) is 31.2 Å². The summed E-state index contributed by atoms with van der Waals surface area (Å²) < 4.78 is 5.49. The van der Waals surface area contributed by atoms with E-state index in [9.17, 15) is 4.79 Å². The van der Waals surface area contributed by atoms with Crippen LogP contribution in [0, 0.1) is 0 Å². The number of anilines is 1. The Morgan fingerprint density at radius 3 is 2.74 bits per heavy atom. The fourth-order valence-electron chi connectivity index (χ4n) is 3.26. The number of rotatable bonds is 2. The van der Waals surface area contributed by atoms with Crippen molar-refractivity contribution in [3.63, 3.8) is 0 Å². The van der Waals surface area contributed by atoms with Crippen molar-refractivity contribution in [3.05, 3.63) is 71.3 Å². The Balaban J connectivity index is 1.93. The van der Waals surface area contributed by atoms with E-state index in [1.54, 1.807) is 19.3 Å². The molecule has 1 N–H and O–H groups in total. The lowest BCUT2D eigenvalue weighted by atomic mass is 9.88. The quantitative estimate of drug-likeness (QED) is 0.923. The molecule has 0 radical (unpaired) electrons. The topological polar surface area (TPSA) is 50.7 Å². The molecule has 1 unspecified atom stereocenters. The summed E-state index contributed by atoms with van der Waals surface area (Å²) in [5, 5.41) is 3.47. The van der Waals surface area contributed by atoms with Crippen molar-refractivity contribution in [1.29, 1.82) is 0 Å². The Bertz CT molecular complexity index is 883. The van der Waals surface area contributed by atoms with Crippen LogP contribution in [0.3, 0.4) is 0 Å². The first-order valence-corrected chi connectivity index (χ1v) is 7.50. The number of carbonyl (C=O) groups excluding carboxylic acids is 1. The van der Waals surface area contributed by atoms with E-state index in [1.165, 1.54) is 0 Å². The zero-order chi connectivity index (χ0) is 16.0. The van der Waals surface area contributed by atoms with Crippen LogP contribution in [0.25, 0.3) is 0 Å². The number of para-hydroxylation sites is 1. The fourth-order valence-corrected chi connectivity index (χ4v) is 3.26. The predicted molar refractivity (Wildman–Crippen MR) is 90.4 cm³/mol. The van der Waals surface area contributed by atoms with Gasteiger partial charge in [0.15, 0.2) is 11.4 Å². The smallest absolute Gasteiger partial charge is 0.186 e. The highest BCUT2D eigenvalue weighted by Crippen LogP contribution is 2.40. The number of ether oxygens (including phenoxy) is 1. The molecular weight excluding hydrogens is 288 g/mol. The molecule has 0 fully saturated rings. The van der Waals surface area contributed by atoms with Crippen LogP contribution in [-0.2, 0) is 5.66 Å². The van der Waals surface area contributed by atoms with Gasteiger partial charge >= 0.3 is 0 Å². The Labute approximate surface area is 134 Å². The summed E-state index contributed by atoms with van der Waals surface area (Å²) in [5.74, 6) is 0.797. The van der Waals surface area contributed by atoms with E-state index < -0.39 is 5.66 Å². The van der Waals surface area contributed by atoms with Crippen molar-refractivity contribution in [2.45, 2.75) is 12.6 Å². The van der Waals surface area contributed by atoms with E-state index in [4.69, 9.17) is 9.73 Å². The van der Waals surface area contributed by atoms with Crippen LogP contribution in [0.4, 0.5) is 5.69 Å². The number of nitrogens with zero attached hydrogens (tertiary/aromatic N) is 1. The summed E-state index contributed by atoms with van der Waals surface area (Å²) in [6.45, 7) is 2.01. The number of aliphatic imine (C=N–C) groups is 1. The summed E-state index contributed by atoms with van der Waals surface area (Å²) >= 11 is 0. The maximum atomic E-state index is 12.1. The van der Waals surface area contributed by atoms with Gasteiger partial charge in [-0.2, -0.15) is 0 Å². The number of carbonyl (C=O) groups is 1. The van der Waals surface area contributed by atoms with Gasteiger partial charge < -0.3 is 10.1 Å². The molecule has 0 spiro atoms. The summed E-state index contributed by atoms with van der Waals surface area (Å²) in [7, 11) is 1.66. The minimum atomic E-state index is -0.654. The maximum absolute atomic E-state index is 12.1. The van der Waals surface area contributed by atoms with Gasteiger partial charge in [-0.3, -0.25) is 9.79 Å². The van der Waals surface area contributed by atoms with E-state index >= 15 is 0 Å². The SMILES string of the molecule is COc1ccccc1C1(C)N=C2C=CC(=O)c3cccc(c32)N1. The van der Waals surface area contributed by atoms with E-state index in [0.29, 0.717) is 5.56 Å². The van der Waals surface area contributed by atoms with Crippen LogP contribution in [0.1, 0.15) is 28.4 Å². The van der Waals surface area contributed by atoms with Crippen LogP contribution in [0.2, 0.25) is 0 Å². The van der Waals surface area contributed by atoms with Crippen LogP contribution in [0.15, 0.2) is 59.6 Å². The molecule has 0 saturated carbocycles. The van der Waals surface area contributed by atoms with Crippen LogP contribution in [-0.4, -0.2) is 18.6 Å². The first-order valence-electron chi connectivity index (χ1n) is 7.50. The number of hydrogen-bond acceptors (Lipinski definition) is 4. The Morgan fingerprint density at radius 1 is 1.09 bits per heavy atom. The molecular formula is C19H16N2O2. The number of allylic oxidation sites excluding steroid dienone is 2. The van der Waals surface area contributed by atoms with E-state index in [1.807, 2.05) is 49.4 Å². The van der Waals surface area contributed by atoms with Crippen molar-refractivity contribution in [2.24, 2.45) is 4.99 Å². The number of benzene rings is 2. The molecule has 4 rings (SSSR count). The lowest BCUT2D eigenvalue weighted by molar-refractivity contribution is 0.104. The molecule has 4 heteroatoms. The lowest BCUT2D eigenvalue weighted by Crippen LogP contribution is -2.36. The highest BCUT2D eigenvalue weighted by atomic mass is 16.5. The second kappa shape index (κ2) is 4.81. The summed E-state index contributed by atoms with van der Waals surface area (Å²) in [6.07, 6.45) is 3.38.